The maximum atomic E-state index is 13.0. The second kappa shape index (κ2) is 6.33. The standard InChI is InChI=1S/C14H12ClFN2O3S/c1-9-2-5-11(6-3-9)22(20,21)18-14(19)17-10-4-7-13(16)12(15)8-10/h2-8H,1H3,(H2,17,18,19). The van der Waals surface area contributed by atoms with Crippen LogP contribution in [0.2, 0.25) is 5.02 Å². The molecular weight excluding hydrogens is 331 g/mol. The van der Waals surface area contributed by atoms with E-state index < -0.39 is 21.9 Å². The molecule has 0 unspecified atom stereocenters. The largest absolute Gasteiger partial charge is 0.333 e. The van der Waals surface area contributed by atoms with Gasteiger partial charge in [-0.05, 0) is 37.3 Å². The summed E-state index contributed by atoms with van der Waals surface area (Å²) in [5.74, 6) is -0.639. The molecule has 2 amide bonds. The zero-order valence-electron chi connectivity index (χ0n) is 11.4. The molecule has 0 aromatic heterocycles. The highest BCUT2D eigenvalue weighted by Crippen LogP contribution is 2.19. The topological polar surface area (TPSA) is 75.3 Å². The average molecular weight is 343 g/mol. The van der Waals surface area contributed by atoms with E-state index in [0.717, 1.165) is 11.6 Å². The second-order valence-corrected chi connectivity index (χ2v) is 6.59. The van der Waals surface area contributed by atoms with Gasteiger partial charge in [-0.3, -0.25) is 0 Å². The first-order valence-electron chi connectivity index (χ1n) is 6.13. The maximum absolute atomic E-state index is 13.0. The number of nitrogens with one attached hydrogen (secondary N) is 2. The lowest BCUT2D eigenvalue weighted by molar-refractivity contribution is 0.256. The van der Waals surface area contributed by atoms with Crippen molar-refractivity contribution in [1.29, 1.82) is 0 Å². The lowest BCUT2D eigenvalue weighted by Gasteiger charge is -2.09. The van der Waals surface area contributed by atoms with E-state index in [4.69, 9.17) is 11.6 Å². The van der Waals surface area contributed by atoms with Crippen molar-refractivity contribution in [3.8, 4) is 0 Å². The summed E-state index contributed by atoms with van der Waals surface area (Å²) in [6.45, 7) is 1.81. The Balaban J connectivity index is 2.10. The molecule has 0 bridgehead atoms. The Hall–Kier alpha value is -2.12. The normalized spacial score (nSPS) is 11.0. The van der Waals surface area contributed by atoms with Crippen LogP contribution in [0.15, 0.2) is 47.4 Å². The first-order valence-corrected chi connectivity index (χ1v) is 7.99. The van der Waals surface area contributed by atoms with Crippen LogP contribution in [-0.2, 0) is 10.0 Å². The highest BCUT2D eigenvalue weighted by molar-refractivity contribution is 7.90. The predicted octanol–water partition coefficient (Wildman–Crippen LogP) is 3.30. The molecule has 0 atom stereocenters. The number of urea groups is 1. The molecule has 0 spiro atoms. The summed E-state index contributed by atoms with van der Waals surface area (Å²) in [5, 5.41) is 2.09. The summed E-state index contributed by atoms with van der Waals surface area (Å²) in [7, 11) is -3.98. The van der Waals surface area contributed by atoms with E-state index in [0.29, 0.717) is 0 Å². The molecule has 0 heterocycles. The van der Waals surface area contributed by atoms with Crippen LogP contribution in [-0.4, -0.2) is 14.4 Å². The van der Waals surface area contributed by atoms with Crippen molar-refractivity contribution in [2.24, 2.45) is 0 Å². The van der Waals surface area contributed by atoms with Crippen molar-refractivity contribution in [1.82, 2.24) is 4.72 Å². The fourth-order valence-electron chi connectivity index (χ4n) is 1.63. The Morgan fingerprint density at radius 3 is 2.36 bits per heavy atom. The first-order chi connectivity index (χ1) is 10.3. The van der Waals surface area contributed by atoms with Gasteiger partial charge in [0.05, 0.1) is 9.92 Å². The van der Waals surface area contributed by atoms with Gasteiger partial charge in [0.2, 0.25) is 0 Å². The van der Waals surface area contributed by atoms with Crippen LogP contribution in [0.1, 0.15) is 5.56 Å². The zero-order chi connectivity index (χ0) is 16.3. The number of halogens is 2. The quantitative estimate of drug-likeness (QED) is 0.898. The van der Waals surface area contributed by atoms with Gasteiger partial charge in [0.15, 0.2) is 0 Å². The van der Waals surface area contributed by atoms with E-state index in [9.17, 15) is 17.6 Å². The molecule has 2 aromatic carbocycles. The number of carbonyl (C=O) groups excluding carboxylic acids is 1. The van der Waals surface area contributed by atoms with Crippen LogP contribution < -0.4 is 10.0 Å². The van der Waals surface area contributed by atoms with Crippen LogP contribution >= 0.6 is 11.6 Å². The third-order valence-electron chi connectivity index (χ3n) is 2.74. The Morgan fingerprint density at radius 2 is 1.77 bits per heavy atom. The number of sulfonamides is 1. The highest BCUT2D eigenvalue weighted by Gasteiger charge is 2.17. The Morgan fingerprint density at radius 1 is 1.14 bits per heavy atom. The SMILES string of the molecule is Cc1ccc(S(=O)(=O)NC(=O)Nc2ccc(F)c(Cl)c2)cc1. The van der Waals surface area contributed by atoms with Crippen LogP contribution in [0.5, 0.6) is 0 Å². The molecule has 0 aliphatic heterocycles. The molecule has 8 heteroatoms. The smallest absolute Gasteiger partial charge is 0.307 e. The van der Waals surface area contributed by atoms with Gasteiger partial charge in [-0.2, -0.15) is 0 Å². The first kappa shape index (κ1) is 16.3. The number of anilines is 1. The van der Waals surface area contributed by atoms with E-state index in [1.54, 1.807) is 12.1 Å². The summed E-state index contributed by atoms with van der Waals surface area (Å²) in [5.41, 5.74) is 1.06. The molecule has 5 nitrogen and oxygen atoms in total. The second-order valence-electron chi connectivity index (χ2n) is 4.50. The van der Waals surface area contributed by atoms with Crippen molar-refractivity contribution in [2.75, 3.05) is 5.32 Å². The van der Waals surface area contributed by atoms with Crippen molar-refractivity contribution in [3.63, 3.8) is 0 Å². The Kier molecular flexibility index (Phi) is 4.68. The summed E-state index contributed by atoms with van der Waals surface area (Å²) < 4.78 is 38.9. The molecule has 2 rings (SSSR count). The lowest BCUT2D eigenvalue weighted by atomic mass is 10.2. The summed E-state index contributed by atoms with van der Waals surface area (Å²) in [6.07, 6.45) is 0. The monoisotopic (exact) mass is 342 g/mol. The molecule has 2 aromatic rings. The van der Waals surface area contributed by atoms with Crippen molar-refractivity contribution >= 4 is 33.3 Å². The van der Waals surface area contributed by atoms with Gasteiger partial charge >= 0.3 is 6.03 Å². The summed E-state index contributed by atoms with van der Waals surface area (Å²) >= 11 is 5.58. The number of benzene rings is 2. The number of carbonyl (C=O) groups is 1. The minimum Gasteiger partial charge on any atom is -0.307 e. The van der Waals surface area contributed by atoms with Crippen LogP contribution in [0.4, 0.5) is 14.9 Å². The van der Waals surface area contributed by atoms with Crippen molar-refractivity contribution < 1.29 is 17.6 Å². The summed E-state index contributed by atoms with van der Waals surface area (Å²) in [6, 6.07) is 8.54. The van der Waals surface area contributed by atoms with Gasteiger partial charge in [-0.15, -0.1) is 0 Å². The molecule has 0 aliphatic rings. The van der Waals surface area contributed by atoms with E-state index in [2.05, 4.69) is 5.32 Å². The minimum atomic E-state index is -3.98. The van der Waals surface area contributed by atoms with Gasteiger partial charge < -0.3 is 5.32 Å². The molecule has 22 heavy (non-hydrogen) atoms. The molecular formula is C14H12ClFN2O3S. The lowest BCUT2D eigenvalue weighted by Crippen LogP contribution is -2.34. The van der Waals surface area contributed by atoms with E-state index >= 15 is 0 Å². The number of rotatable bonds is 3. The Labute approximate surface area is 132 Å². The average Bonchev–Trinajstić information content (AvgIpc) is 2.42. The van der Waals surface area contributed by atoms with Gasteiger partial charge in [0.1, 0.15) is 5.82 Å². The highest BCUT2D eigenvalue weighted by atomic mass is 35.5. The predicted molar refractivity (Wildman–Crippen MR) is 81.9 cm³/mol. The molecule has 0 saturated carbocycles. The summed E-state index contributed by atoms with van der Waals surface area (Å²) in [4.78, 5) is 11.7. The molecule has 116 valence electrons. The van der Waals surface area contributed by atoms with Crippen LogP contribution in [0.25, 0.3) is 0 Å². The van der Waals surface area contributed by atoms with Crippen LogP contribution in [0.3, 0.4) is 0 Å². The van der Waals surface area contributed by atoms with E-state index in [1.165, 1.54) is 24.3 Å². The van der Waals surface area contributed by atoms with E-state index in [-0.39, 0.29) is 15.6 Å². The van der Waals surface area contributed by atoms with Gasteiger partial charge in [-0.1, -0.05) is 29.3 Å². The van der Waals surface area contributed by atoms with Crippen LogP contribution in [0, 0.1) is 12.7 Å². The molecule has 0 saturated heterocycles. The number of hydrogen-bond acceptors (Lipinski definition) is 3. The fraction of sp³-hybridized carbons (Fsp3) is 0.0714. The Bertz CT molecular complexity index is 807. The van der Waals surface area contributed by atoms with Gasteiger partial charge in [0.25, 0.3) is 10.0 Å². The third kappa shape index (κ3) is 3.96. The number of amides is 2. The number of aryl methyl sites for hydroxylation is 1. The molecule has 2 N–H and O–H groups in total. The van der Waals surface area contributed by atoms with Crippen molar-refractivity contribution in [3.05, 3.63) is 58.9 Å². The van der Waals surface area contributed by atoms with Gasteiger partial charge in [0, 0.05) is 5.69 Å². The minimum absolute atomic E-state index is 0.0367. The fourth-order valence-corrected chi connectivity index (χ4v) is 2.72. The molecule has 0 radical (unpaired) electrons. The van der Waals surface area contributed by atoms with Crippen molar-refractivity contribution in [2.45, 2.75) is 11.8 Å². The third-order valence-corrected chi connectivity index (χ3v) is 4.37. The number of hydrogen-bond donors (Lipinski definition) is 2. The molecule has 0 aliphatic carbocycles. The molecule has 0 fully saturated rings. The maximum Gasteiger partial charge on any atom is 0.333 e. The zero-order valence-corrected chi connectivity index (χ0v) is 13.0. The van der Waals surface area contributed by atoms with Gasteiger partial charge in [-0.25, -0.2) is 22.3 Å². The van der Waals surface area contributed by atoms with E-state index in [1.807, 2.05) is 11.6 Å².